The third kappa shape index (κ3) is 2.71. The van der Waals surface area contributed by atoms with Crippen LogP contribution in [0.3, 0.4) is 0 Å². The maximum Gasteiger partial charge on any atom is 0.200 e. The molecule has 0 spiro atoms. The van der Waals surface area contributed by atoms with Crippen LogP contribution in [0.25, 0.3) is 11.0 Å². The van der Waals surface area contributed by atoms with Crippen LogP contribution in [0.15, 0.2) is 41.1 Å². The van der Waals surface area contributed by atoms with Crippen LogP contribution in [0, 0.1) is 5.41 Å². The zero-order valence-corrected chi connectivity index (χ0v) is 14.1. The maximum atomic E-state index is 12.5. The number of hydrogen-bond donors (Lipinski definition) is 2. The van der Waals surface area contributed by atoms with Crippen molar-refractivity contribution in [3.63, 3.8) is 0 Å². The summed E-state index contributed by atoms with van der Waals surface area (Å²) in [6.07, 6.45) is 6.23. The molecule has 1 aromatic carbocycles. The molecule has 0 radical (unpaired) electrons. The average molecular weight is 333 g/mol. The van der Waals surface area contributed by atoms with E-state index >= 15 is 0 Å². The molecule has 25 heavy (non-hydrogen) atoms. The molecule has 5 nitrogen and oxygen atoms in total. The van der Waals surface area contributed by atoms with Gasteiger partial charge in [-0.15, -0.1) is 0 Å². The van der Waals surface area contributed by atoms with Gasteiger partial charge in [0.05, 0.1) is 11.9 Å². The SMILES string of the molecule is CCCC(=O)c1oc2cnccc2c1Nc1ccc2c(c1)CCC2=N. The van der Waals surface area contributed by atoms with E-state index < -0.39 is 0 Å². The Morgan fingerprint density at radius 1 is 1.32 bits per heavy atom. The molecular weight excluding hydrogens is 314 g/mol. The van der Waals surface area contributed by atoms with Gasteiger partial charge in [0.15, 0.2) is 17.1 Å². The summed E-state index contributed by atoms with van der Waals surface area (Å²) in [5.74, 6) is 0.349. The molecule has 2 heterocycles. The highest BCUT2D eigenvalue weighted by atomic mass is 16.3. The summed E-state index contributed by atoms with van der Waals surface area (Å²) in [5, 5.41) is 12.2. The molecule has 0 saturated heterocycles. The minimum absolute atomic E-state index is 0.0101. The molecule has 3 aromatic rings. The molecule has 4 rings (SSSR count). The van der Waals surface area contributed by atoms with Crippen LogP contribution in [0.1, 0.15) is 47.9 Å². The fourth-order valence-electron chi connectivity index (χ4n) is 3.32. The standard InChI is InChI=1S/C20H19N3O2/c1-2-3-17(24)20-19(15-8-9-22-11-18(15)25-20)23-13-5-6-14-12(10-13)4-7-16(14)21/h5-6,8-11,21,23H,2-4,7H2,1H3. The van der Waals surface area contributed by atoms with Gasteiger partial charge in [0, 0.05) is 29.4 Å². The molecular formula is C20H19N3O2. The number of fused-ring (bicyclic) bond motifs is 2. The van der Waals surface area contributed by atoms with Crippen molar-refractivity contribution in [1.82, 2.24) is 4.98 Å². The number of pyridine rings is 1. The normalized spacial score (nSPS) is 13.2. The van der Waals surface area contributed by atoms with E-state index in [1.54, 1.807) is 12.4 Å². The lowest BCUT2D eigenvalue weighted by molar-refractivity contribution is 0.0958. The molecule has 0 saturated carbocycles. The number of hydrogen-bond acceptors (Lipinski definition) is 5. The number of furan rings is 1. The van der Waals surface area contributed by atoms with Crippen LogP contribution in [0.5, 0.6) is 0 Å². The van der Waals surface area contributed by atoms with Gasteiger partial charge in [-0.2, -0.15) is 0 Å². The van der Waals surface area contributed by atoms with Crippen molar-refractivity contribution >= 4 is 33.8 Å². The molecule has 126 valence electrons. The Morgan fingerprint density at radius 2 is 2.20 bits per heavy atom. The molecule has 0 unspecified atom stereocenters. The number of nitrogens with one attached hydrogen (secondary N) is 2. The first-order valence-corrected chi connectivity index (χ1v) is 8.55. The predicted molar refractivity (Wildman–Crippen MR) is 98.1 cm³/mol. The third-order valence-corrected chi connectivity index (χ3v) is 4.57. The first kappa shape index (κ1) is 15.6. The Labute approximate surface area is 145 Å². The summed E-state index contributed by atoms with van der Waals surface area (Å²) >= 11 is 0. The first-order valence-electron chi connectivity index (χ1n) is 8.55. The van der Waals surface area contributed by atoms with E-state index in [4.69, 9.17) is 9.83 Å². The minimum atomic E-state index is -0.0101. The number of rotatable bonds is 5. The lowest BCUT2D eigenvalue weighted by Crippen LogP contribution is -2.01. The van der Waals surface area contributed by atoms with E-state index in [9.17, 15) is 4.79 Å². The van der Waals surface area contributed by atoms with Gasteiger partial charge in [-0.05, 0) is 48.6 Å². The van der Waals surface area contributed by atoms with Crippen molar-refractivity contribution < 1.29 is 9.21 Å². The van der Waals surface area contributed by atoms with Crippen LogP contribution < -0.4 is 5.32 Å². The zero-order valence-electron chi connectivity index (χ0n) is 14.1. The van der Waals surface area contributed by atoms with Gasteiger partial charge in [-0.3, -0.25) is 9.78 Å². The Kier molecular flexibility index (Phi) is 3.84. The minimum Gasteiger partial charge on any atom is -0.449 e. The molecule has 0 aliphatic heterocycles. The smallest absolute Gasteiger partial charge is 0.200 e. The highest BCUT2D eigenvalue weighted by Gasteiger charge is 2.21. The molecule has 5 heteroatoms. The number of Topliss-reactive ketones (excluding diaryl/α,β-unsaturated/α-hetero) is 1. The van der Waals surface area contributed by atoms with E-state index in [0.29, 0.717) is 29.2 Å². The van der Waals surface area contributed by atoms with Crippen molar-refractivity contribution in [3.05, 3.63) is 53.5 Å². The Hall–Kier alpha value is -2.95. The van der Waals surface area contributed by atoms with Crippen molar-refractivity contribution in [2.75, 3.05) is 5.32 Å². The summed E-state index contributed by atoms with van der Waals surface area (Å²) < 4.78 is 5.79. The van der Waals surface area contributed by atoms with Crippen LogP contribution in [-0.4, -0.2) is 16.5 Å². The Bertz CT molecular complexity index is 988. The molecule has 1 aliphatic carbocycles. The van der Waals surface area contributed by atoms with Crippen molar-refractivity contribution in [1.29, 1.82) is 5.41 Å². The largest absolute Gasteiger partial charge is 0.449 e. The average Bonchev–Trinajstić information content (AvgIpc) is 3.17. The maximum absolute atomic E-state index is 12.5. The van der Waals surface area contributed by atoms with Gasteiger partial charge in [-0.25, -0.2) is 0 Å². The Morgan fingerprint density at radius 3 is 3.04 bits per heavy atom. The molecule has 2 N–H and O–H groups in total. The second kappa shape index (κ2) is 6.16. The third-order valence-electron chi connectivity index (χ3n) is 4.57. The number of carbonyl (C=O) groups is 1. The summed E-state index contributed by atoms with van der Waals surface area (Å²) in [5.41, 5.74) is 5.09. The lowest BCUT2D eigenvalue weighted by Gasteiger charge is -2.09. The molecule has 0 fully saturated rings. The lowest BCUT2D eigenvalue weighted by atomic mass is 10.1. The number of aromatic nitrogens is 1. The van der Waals surface area contributed by atoms with Gasteiger partial charge in [-0.1, -0.05) is 13.0 Å². The second-order valence-electron chi connectivity index (χ2n) is 6.33. The van der Waals surface area contributed by atoms with Crippen LogP contribution in [0.2, 0.25) is 0 Å². The first-order chi connectivity index (χ1) is 12.2. The highest BCUT2D eigenvalue weighted by molar-refractivity contribution is 6.08. The highest BCUT2D eigenvalue weighted by Crippen LogP contribution is 2.35. The second-order valence-corrected chi connectivity index (χ2v) is 6.33. The van der Waals surface area contributed by atoms with E-state index in [0.717, 1.165) is 35.9 Å². The molecule has 2 aromatic heterocycles. The van der Waals surface area contributed by atoms with Gasteiger partial charge in [0.25, 0.3) is 0 Å². The van der Waals surface area contributed by atoms with E-state index in [1.165, 1.54) is 5.56 Å². The summed E-state index contributed by atoms with van der Waals surface area (Å²) in [4.78, 5) is 16.6. The fraction of sp³-hybridized carbons (Fsp3) is 0.250. The van der Waals surface area contributed by atoms with Crippen LogP contribution in [0.4, 0.5) is 11.4 Å². The Balaban J connectivity index is 1.77. The molecule has 0 atom stereocenters. The summed E-state index contributed by atoms with van der Waals surface area (Å²) in [6, 6.07) is 7.84. The fourth-order valence-corrected chi connectivity index (χ4v) is 3.32. The predicted octanol–water partition coefficient (Wildman–Crippen LogP) is 4.87. The van der Waals surface area contributed by atoms with E-state index in [1.807, 2.05) is 25.1 Å². The van der Waals surface area contributed by atoms with Crippen molar-refractivity contribution in [2.45, 2.75) is 32.6 Å². The monoisotopic (exact) mass is 333 g/mol. The van der Waals surface area contributed by atoms with Gasteiger partial charge < -0.3 is 15.1 Å². The van der Waals surface area contributed by atoms with Crippen LogP contribution in [-0.2, 0) is 6.42 Å². The van der Waals surface area contributed by atoms with Gasteiger partial charge in [0.1, 0.15) is 0 Å². The van der Waals surface area contributed by atoms with Gasteiger partial charge >= 0.3 is 0 Å². The van der Waals surface area contributed by atoms with Crippen LogP contribution >= 0.6 is 0 Å². The quantitative estimate of drug-likeness (QED) is 0.653. The number of nitrogens with zero attached hydrogens (tertiary/aromatic N) is 1. The topological polar surface area (TPSA) is 79.0 Å². The van der Waals surface area contributed by atoms with E-state index in [2.05, 4.69) is 16.4 Å². The summed E-state index contributed by atoms with van der Waals surface area (Å²) in [6.45, 7) is 1.98. The van der Waals surface area contributed by atoms with Crippen molar-refractivity contribution in [3.8, 4) is 0 Å². The number of aryl methyl sites for hydroxylation is 1. The van der Waals surface area contributed by atoms with Crippen molar-refractivity contribution in [2.24, 2.45) is 0 Å². The number of benzene rings is 1. The molecule has 0 bridgehead atoms. The molecule has 0 amide bonds. The zero-order chi connectivity index (χ0) is 17.4. The van der Waals surface area contributed by atoms with Gasteiger partial charge in [0.2, 0.25) is 0 Å². The number of anilines is 2. The number of ketones is 1. The molecule has 1 aliphatic rings. The summed E-state index contributed by atoms with van der Waals surface area (Å²) in [7, 11) is 0. The number of carbonyl (C=O) groups excluding carboxylic acids is 1. The van der Waals surface area contributed by atoms with E-state index in [-0.39, 0.29) is 5.78 Å².